The molecule has 1 N–H and O–H groups in total. The minimum Gasteiger partial charge on any atom is -0.310 e. The van der Waals surface area contributed by atoms with Gasteiger partial charge in [-0.2, -0.15) is 5.10 Å². The largest absolute Gasteiger partial charge is 0.310 e. The molecule has 1 amide bonds. The fraction of sp³-hybridized carbons (Fsp3) is 0.278. The minimum atomic E-state index is -0.0560. The molecule has 0 aliphatic carbocycles. The van der Waals surface area contributed by atoms with Crippen molar-refractivity contribution >= 4 is 34.8 Å². The van der Waals surface area contributed by atoms with Gasteiger partial charge in [-0.1, -0.05) is 41.6 Å². The summed E-state index contributed by atoms with van der Waals surface area (Å²) in [5, 5.41) is 9.15. The highest BCUT2D eigenvalue weighted by Crippen LogP contribution is 2.28. The standard InChI is InChI=1S/C18H20N4OS2/c1-12(2)22-16(8-9-19-22)21-17(23)11-25-18-20-15(10-24-18)14-6-4-13(3)5-7-14/h4-10,12H,11H2,1-3H3,(H,21,23). The minimum absolute atomic E-state index is 0.0560. The Kier molecular flexibility index (Phi) is 5.55. The lowest BCUT2D eigenvalue weighted by molar-refractivity contribution is -0.113. The first-order valence-corrected chi connectivity index (χ1v) is 9.88. The number of nitrogens with one attached hydrogen (secondary N) is 1. The lowest BCUT2D eigenvalue weighted by Crippen LogP contribution is -2.18. The van der Waals surface area contributed by atoms with E-state index in [1.54, 1.807) is 28.3 Å². The van der Waals surface area contributed by atoms with Crippen LogP contribution >= 0.6 is 23.1 Å². The highest BCUT2D eigenvalue weighted by atomic mass is 32.2. The molecular weight excluding hydrogens is 352 g/mol. The van der Waals surface area contributed by atoms with Crippen LogP contribution in [-0.4, -0.2) is 26.4 Å². The Balaban J connectivity index is 1.57. The van der Waals surface area contributed by atoms with E-state index in [1.807, 2.05) is 19.2 Å². The number of carbonyl (C=O) groups excluding carboxylic acids is 1. The Bertz CT molecular complexity index is 852. The third-order valence-corrected chi connectivity index (χ3v) is 5.61. The number of benzene rings is 1. The second-order valence-corrected chi connectivity index (χ2v) is 8.04. The highest BCUT2D eigenvalue weighted by Gasteiger charge is 2.11. The summed E-state index contributed by atoms with van der Waals surface area (Å²) in [5.74, 6) is 0.990. The first kappa shape index (κ1) is 17.7. The zero-order chi connectivity index (χ0) is 17.8. The molecule has 2 aromatic heterocycles. The Morgan fingerprint density at radius 3 is 2.76 bits per heavy atom. The van der Waals surface area contributed by atoms with Crippen molar-refractivity contribution in [3.05, 3.63) is 47.5 Å². The fourth-order valence-corrected chi connectivity index (χ4v) is 3.95. The molecule has 7 heteroatoms. The maximum Gasteiger partial charge on any atom is 0.235 e. The number of thioether (sulfide) groups is 1. The van der Waals surface area contributed by atoms with Crippen LogP contribution in [0.4, 0.5) is 5.82 Å². The number of aryl methyl sites for hydroxylation is 1. The molecule has 0 radical (unpaired) electrons. The molecule has 25 heavy (non-hydrogen) atoms. The number of anilines is 1. The van der Waals surface area contributed by atoms with Crippen molar-refractivity contribution in [1.82, 2.24) is 14.8 Å². The molecule has 3 rings (SSSR count). The molecule has 3 aromatic rings. The third-order valence-electron chi connectivity index (χ3n) is 3.58. The number of hydrogen-bond donors (Lipinski definition) is 1. The van der Waals surface area contributed by atoms with Crippen LogP contribution < -0.4 is 5.32 Å². The quantitative estimate of drug-likeness (QED) is 0.641. The Morgan fingerprint density at radius 1 is 1.28 bits per heavy atom. The summed E-state index contributed by atoms with van der Waals surface area (Å²) >= 11 is 3.01. The van der Waals surface area contributed by atoms with E-state index >= 15 is 0 Å². The first-order valence-electron chi connectivity index (χ1n) is 8.01. The smallest absolute Gasteiger partial charge is 0.235 e. The molecule has 130 valence electrons. The van der Waals surface area contributed by atoms with Crippen molar-refractivity contribution in [1.29, 1.82) is 0 Å². The Hall–Kier alpha value is -2.12. The van der Waals surface area contributed by atoms with Gasteiger partial charge in [0.05, 0.1) is 17.6 Å². The van der Waals surface area contributed by atoms with E-state index in [4.69, 9.17) is 0 Å². The van der Waals surface area contributed by atoms with Crippen molar-refractivity contribution in [2.24, 2.45) is 0 Å². The molecule has 0 unspecified atom stereocenters. The number of rotatable bonds is 6. The number of aromatic nitrogens is 3. The van der Waals surface area contributed by atoms with Crippen LogP contribution in [0.2, 0.25) is 0 Å². The van der Waals surface area contributed by atoms with Gasteiger partial charge in [0.2, 0.25) is 5.91 Å². The molecular formula is C18H20N4OS2. The molecule has 0 saturated carbocycles. The molecule has 0 spiro atoms. The van der Waals surface area contributed by atoms with E-state index in [-0.39, 0.29) is 11.9 Å². The van der Waals surface area contributed by atoms with Gasteiger partial charge in [0.1, 0.15) is 5.82 Å². The van der Waals surface area contributed by atoms with Crippen molar-refractivity contribution < 1.29 is 4.79 Å². The number of nitrogens with zero attached hydrogens (tertiary/aromatic N) is 3. The molecule has 0 bridgehead atoms. The average Bonchev–Trinajstić information content (AvgIpc) is 3.23. The molecule has 2 heterocycles. The summed E-state index contributed by atoms with van der Waals surface area (Å²) < 4.78 is 2.68. The van der Waals surface area contributed by atoms with E-state index in [1.165, 1.54) is 17.3 Å². The van der Waals surface area contributed by atoms with Crippen LogP contribution in [0.15, 0.2) is 46.2 Å². The number of hydrogen-bond acceptors (Lipinski definition) is 5. The molecule has 0 atom stereocenters. The second kappa shape index (κ2) is 7.84. The van der Waals surface area contributed by atoms with E-state index < -0.39 is 0 Å². The normalized spacial score (nSPS) is 11.0. The summed E-state index contributed by atoms with van der Waals surface area (Å²) in [6.45, 7) is 6.12. The van der Waals surface area contributed by atoms with E-state index in [0.717, 1.165) is 21.4 Å². The molecule has 1 aromatic carbocycles. The molecule has 0 aliphatic heterocycles. The van der Waals surface area contributed by atoms with E-state index in [0.29, 0.717) is 5.75 Å². The lowest BCUT2D eigenvalue weighted by Gasteiger charge is -2.11. The monoisotopic (exact) mass is 372 g/mol. The van der Waals surface area contributed by atoms with Gasteiger partial charge in [0.15, 0.2) is 4.34 Å². The predicted octanol–water partition coefficient (Wildman–Crippen LogP) is 4.63. The van der Waals surface area contributed by atoms with Gasteiger partial charge in [-0.25, -0.2) is 9.67 Å². The van der Waals surface area contributed by atoms with Gasteiger partial charge in [0, 0.05) is 23.1 Å². The average molecular weight is 373 g/mol. The van der Waals surface area contributed by atoms with Gasteiger partial charge in [-0.3, -0.25) is 4.79 Å². The summed E-state index contributed by atoms with van der Waals surface area (Å²) in [5.41, 5.74) is 3.27. The van der Waals surface area contributed by atoms with Crippen molar-refractivity contribution in [3.63, 3.8) is 0 Å². The van der Waals surface area contributed by atoms with Crippen molar-refractivity contribution in [2.75, 3.05) is 11.1 Å². The van der Waals surface area contributed by atoms with E-state index in [2.05, 4.69) is 46.6 Å². The maximum absolute atomic E-state index is 12.2. The first-order chi connectivity index (χ1) is 12.0. The number of thiazole rings is 1. The summed E-state index contributed by atoms with van der Waals surface area (Å²) in [7, 11) is 0. The summed E-state index contributed by atoms with van der Waals surface area (Å²) in [4.78, 5) is 16.8. The summed E-state index contributed by atoms with van der Waals surface area (Å²) in [6.07, 6.45) is 1.69. The van der Waals surface area contributed by atoms with Gasteiger partial charge < -0.3 is 5.32 Å². The highest BCUT2D eigenvalue weighted by molar-refractivity contribution is 8.01. The number of carbonyl (C=O) groups is 1. The molecule has 0 aliphatic rings. The molecule has 0 fully saturated rings. The number of amides is 1. The van der Waals surface area contributed by atoms with Crippen LogP contribution in [0.3, 0.4) is 0 Å². The van der Waals surface area contributed by atoms with Gasteiger partial charge >= 0.3 is 0 Å². The predicted molar refractivity (Wildman–Crippen MR) is 104 cm³/mol. The van der Waals surface area contributed by atoms with Gasteiger partial charge in [-0.15, -0.1) is 11.3 Å². The Labute approximate surface area is 155 Å². The zero-order valence-electron chi connectivity index (χ0n) is 14.4. The fourth-order valence-electron chi connectivity index (χ4n) is 2.31. The maximum atomic E-state index is 12.2. The summed E-state index contributed by atoms with van der Waals surface area (Å²) in [6, 6.07) is 10.3. The second-order valence-electron chi connectivity index (χ2n) is 5.96. The molecule has 5 nitrogen and oxygen atoms in total. The van der Waals surface area contributed by atoms with E-state index in [9.17, 15) is 4.79 Å². The van der Waals surface area contributed by atoms with Crippen LogP contribution in [0.5, 0.6) is 0 Å². The SMILES string of the molecule is Cc1ccc(-c2csc(SCC(=O)Nc3ccnn3C(C)C)n2)cc1. The van der Waals surface area contributed by atoms with Gasteiger partial charge in [0.25, 0.3) is 0 Å². The topological polar surface area (TPSA) is 59.8 Å². The van der Waals surface area contributed by atoms with Crippen LogP contribution in [0, 0.1) is 6.92 Å². The molecule has 0 saturated heterocycles. The van der Waals surface area contributed by atoms with Crippen LogP contribution in [0.1, 0.15) is 25.5 Å². The lowest BCUT2D eigenvalue weighted by atomic mass is 10.1. The Morgan fingerprint density at radius 2 is 2.04 bits per heavy atom. The van der Waals surface area contributed by atoms with Crippen molar-refractivity contribution in [2.45, 2.75) is 31.2 Å². The zero-order valence-corrected chi connectivity index (χ0v) is 16.0. The van der Waals surface area contributed by atoms with Gasteiger partial charge in [-0.05, 0) is 20.8 Å². The van der Waals surface area contributed by atoms with Crippen LogP contribution in [0.25, 0.3) is 11.3 Å². The third kappa shape index (κ3) is 4.49. The van der Waals surface area contributed by atoms with Crippen molar-refractivity contribution in [3.8, 4) is 11.3 Å². The van der Waals surface area contributed by atoms with Crippen LogP contribution in [-0.2, 0) is 4.79 Å².